The molecule has 0 aromatic heterocycles. The van der Waals surface area contributed by atoms with E-state index in [1.165, 1.54) is 0 Å². The van der Waals surface area contributed by atoms with E-state index in [2.05, 4.69) is 0 Å². The summed E-state index contributed by atoms with van der Waals surface area (Å²) in [7, 11) is 1.74. The van der Waals surface area contributed by atoms with E-state index >= 15 is 0 Å². The molecular weight excluding hydrogens is 254 g/mol. The van der Waals surface area contributed by atoms with Gasteiger partial charge in [0.05, 0.1) is 5.60 Å². The fourth-order valence-corrected chi connectivity index (χ4v) is 3.76. The van der Waals surface area contributed by atoms with Gasteiger partial charge in [-0.25, -0.2) is 0 Å². The number of likely N-dealkylation sites (tertiary alicyclic amines) is 1. The normalized spacial score (nSPS) is 40.9. The van der Waals surface area contributed by atoms with E-state index in [0.717, 1.165) is 24.8 Å². The first-order valence-electron chi connectivity index (χ1n) is 7.29. The molecule has 0 radical (unpaired) electrons. The lowest BCUT2D eigenvalue weighted by Gasteiger charge is -2.43. The molecule has 2 fully saturated rings. The van der Waals surface area contributed by atoms with E-state index in [4.69, 9.17) is 0 Å². The zero-order valence-electron chi connectivity index (χ0n) is 12.1. The molecule has 108 valence electrons. The van der Waals surface area contributed by atoms with Gasteiger partial charge in [-0.15, -0.1) is 0 Å². The number of aliphatic hydroxyl groups is 1. The number of amides is 1. The van der Waals surface area contributed by atoms with Crippen molar-refractivity contribution in [3.05, 3.63) is 23.8 Å². The smallest absolute Gasteiger partial charge is 0.243 e. The van der Waals surface area contributed by atoms with Crippen LogP contribution in [0.15, 0.2) is 23.8 Å². The SMILES string of the molecule is CN1CCC(=O)C2(C=C[C@H]3C(=C2)CCC[C@]3(C)O)C1=O. The molecule has 1 saturated carbocycles. The molecule has 3 atom stereocenters. The van der Waals surface area contributed by atoms with Gasteiger partial charge in [0.15, 0.2) is 5.78 Å². The standard InChI is InChI=1S/C16H21NO3/c1-15(20)7-3-4-11-10-16(8-5-12(11)15)13(18)6-9-17(2)14(16)19/h5,8,10,12,20H,3-4,6-7,9H2,1-2H3/t12-,15-,16?/m0/s1. The van der Waals surface area contributed by atoms with Crippen molar-refractivity contribution in [2.75, 3.05) is 13.6 Å². The number of fused-ring (bicyclic) bond motifs is 1. The van der Waals surface area contributed by atoms with E-state index in [9.17, 15) is 14.7 Å². The Morgan fingerprint density at radius 3 is 2.85 bits per heavy atom. The van der Waals surface area contributed by atoms with Crippen LogP contribution in [0, 0.1) is 11.3 Å². The van der Waals surface area contributed by atoms with Gasteiger partial charge in [0, 0.05) is 25.9 Å². The molecule has 3 rings (SSSR count). The molecule has 4 heteroatoms. The average Bonchev–Trinajstić information content (AvgIpc) is 2.41. The predicted molar refractivity (Wildman–Crippen MR) is 74.9 cm³/mol. The maximum atomic E-state index is 12.5. The first kappa shape index (κ1) is 13.6. The summed E-state index contributed by atoms with van der Waals surface area (Å²) in [6, 6.07) is 0. The van der Waals surface area contributed by atoms with E-state index in [-0.39, 0.29) is 17.6 Å². The minimum atomic E-state index is -1.10. The Labute approximate surface area is 119 Å². The van der Waals surface area contributed by atoms with Crippen LogP contribution in [0.3, 0.4) is 0 Å². The molecule has 3 aliphatic rings. The highest BCUT2D eigenvalue weighted by molar-refractivity contribution is 6.12. The van der Waals surface area contributed by atoms with E-state index < -0.39 is 11.0 Å². The monoisotopic (exact) mass is 275 g/mol. The largest absolute Gasteiger partial charge is 0.389 e. The lowest BCUT2D eigenvalue weighted by atomic mass is 9.64. The lowest BCUT2D eigenvalue weighted by Crippen LogP contribution is -2.52. The molecule has 2 aliphatic carbocycles. The highest BCUT2D eigenvalue weighted by Crippen LogP contribution is 2.45. The minimum absolute atomic E-state index is 0.0204. The van der Waals surface area contributed by atoms with Gasteiger partial charge in [0.25, 0.3) is 0 Å². The zero-order valence-corrected chi connectivity index (χ0v) is 12.1. The number of piperidine rings is 1. The van der Waals surface area contributed by atoms with Crippen molar-refractivity contribution in [3.63, 3.8) is 0 Å². The summed E-state index contributed by atoms with van der Waals surface area (Å²) in [5.74, 6) is -0.219. The molecule has 1 spiro atoms. The Bertz CT molecular complexity index is 532. The number of carbonyl (C=O) groups is 2. The third-order valence-corrected chi connectivity index (χ3v) is 5.02. The molecule has 0 aromatic rings. The van der Waals surface area contributed by atoms with Crippen molar-refractivity contribution in [3.8, 4) is 0 Å². The van der Waals surface area contributed by atoms with E-state index in [0.29, 0.717) is 13.0 Å². The Kier molecular flexibility index (Phi) is 2.91. The van der Waals surface area contributed by atoms with Crippen LogP contribution in [-0.2, 0) is 9.59 Å². The van der Waals surface area contributed by atoms with Gasteiger partial charge >= 0.3 is 0 Å². The van der Waals surface area contributed by atoms with Gasteiger partial charge < -0.3 is 10.0 Å². The van der Waals surface area contributed by atoms with Gasteiger partial charge in [-0.1, -0.05) is 23.8 Å². The summed E-state index contributed by atoms with van der Waals surface area (Å²) in [4.78, 5) is 26.5. The third kappa shape index (κ3) is 1.78. The fraction of sp³-hybridized carbons (Fsp3) is 0.625. The molecule has 1 heterocycles. The minimum Gasteiger partial charge on any atom is -0.389 e. The van der Waals surface area contributed by atoms with Crippen LogP contribution in [0.1, 0.15) is 32.6 Å². The molecule has 1 unspecified atom stereocenters. The second-order valence-electron chi connectivity index (χ2n) is 6.54. The predicted octanol–water partition coefficient (Wildman–Crippen LogP) is 1.45. The van der Waals surface area contributed by atoms with Crippen molar-refractivity contribution < 1.29 is 14.7 Å². The van der Waals surface area contributed by atoms with Crippen molar-refractivity contribution in [2.24, 2.45) is 11.3 Å². The summed E-state index contributed by atoms with van der Waals surface area (Å²) in [6.07, 6.45) is 8.36. The van der Waals surface area contributed by atoms with Gasteiger partial charge in [-0.05, 0) is 26.2 Å². The van der Waals surface area contributed by atoms with Gasteiger partial charge in [0.2, 0.25) is 5.91 Å². The molecule has 1 saturated heterocycles. The summed E-state index contributed by atoms with van der Waals surface area (Å²) >= 11 is 0. The highest BCUT2D eigenvalue weighted by atomic mass is 16.3. The molecular formula is C16H21NO3. The topological polar surface area (TPSA) is 57.6 Å². The van der Waals surface area contributed by atoms with Crippen LogP contribution in [-0.4, -0.2) is 40.9 Å². The first-order valence-corrected chi connectivity index (χ1v) is 7.29. The van der Waals surface area contributed by atoms with Crippen molar-refractivity contribution in [2.45, 2.75) is 38.2 Å². The maximum Gasteiger partial charge on any atom is 0.243 e. The van der Waals surface area contributed by atoms with Gasteiger partial charge in [-0.2, -0.15) is 0 Å². The Hall–Kier alpha value is -1.42. The van der Waals surface area contributed by atoms with Gasteiger partial charge in [0.1, 0.15) is 5.41 Å². The number of rotatable bonds is 0. The second kappa shape index (κ2) is 4.29. The zero-order chi connectivity index (χ0) is 14.5. The molecule has 20 heavy (non-hydrogen) atoms. The number of hydrogen-bond donors (Lipinski definition) is 1. The van der Waals surface area contributed by atoms with Crippen LogP contribution >= 0.6 is 0 Å². The molecule has 1 N–H and O–H groups in total. The molecule has 0 bridgehead atoms. The summed E-state index contributed by atoms with van der Waals surface area (Å²) < 4.78 is 0. The highest BCUT2D eigenvalue weighted by Gasteiger charge is 2.50. The fourth-order valence-electron chi connectivity index (χ4n) is 3.76. The Morgan fingerprint density at radius 1 is 1.35 bits per heavy atom. The van der Waals surface area contributed by atoms with Crippen molar-refractivity contribution in [1.29, 1.82) is 0 Å². The van der Waals surface area contributed by atoms with Crippen LogP contribution in [0.25, 0.3) is 0 Å². The summed E-state index contributed by atoms with van der Waals surface area (Å²) in [6.45, 7) is 2.33. The van der Waals surface area contributed by atoms with Crippen LogP contribution in [0.4, 0.5) is 0 Å². The van der Waals surface area contributed by atoms with E-state index in [1.54, 1.807) is 18.0 Å². The average molecular weight is 275 g/mol. The number of carbonyl (C=O) groups excluding carboxylic acids is 2. The lowest BCUT2D eigenvalue weighted by molar-refractivity contribution is -0.147. The first-order chi connectivity index (χ1) is 9.37. The van der Waals surface area contributed by atoms with Crippen LogP contribution in [0.2, 0.25) is 0 Å². The van der Waals surface area contributed by atoms with Crippen LogP contribution < -0.4 is 0 Å². The van der Waals surface area contributed by atoms with Crippen LogP contribution in [0.5, 0.6) is 0 Å². The quantitative estimate of drug-likeness (QED) is 0.538. The number of hydrogen-bond acceptors (Lipinski definition) is 3. The number of nitrogens with zero attached hydrogens (tertiary/aromatic N) is 1. The van der Waals surface area contributed by atoms with Gasteiger partial charge in [-0.3, -0.25) is 9.59 Å². The van der Waals surface area contributed by atoms with E-state index in [1.807, 2.05) is 19.1 Å². The van der Waals surface area contributed by atoms with Crippen molar-refractivity contribution >= 4 is 11.7 Å². The Morgan fingerprint density at radius 2 is 2.10 bits per heavy atom. The number of ketones is 1. The summed E-state index contributed by atoms with van der Waals surface area (Å²) in [5.41, 5.74) is -0.832. The molecule has 4 nitrogen and oxygen atoms in total. The molecule has 1 amide bonds. The Balaban J connectivity index is 2.03. The third-order valence-electron chi connectivity index (χ3n) is 5.02. The molecule has 0 aromatic carbocycles. The van der Waals surface area contributed by atoms with Crippen molar-refractivity contribution in [1.82, 2.24) is 4.90 Å². The summed E-state index contributed by atoms with van der Waals surface area (Å²) in [5, 5.41) is 10.5. The molecule has 1 aliphatic heterocycles. The number of Topliss-reactive ketones (excluding diaryl/α,β-unsaturated/α-hetero) is 1. The second-order valence-corrected chi connectivity index (χ2v) is 6.54. The maximum absolute atomic E-state index is 12.5.